The topological polar surface area (TPSA) is 143 Å². The summed E-state index contributed by atoms with van der Waals surface area (Å²) in [4.78, 5) is 30.5. The van der Waals surface area contributed by atoms with E-state index in [0.29, 0.717) is 37.7 Å². The van der Waals surface area contributed by atoms with Gasteiger partial charge in [-0.15, -0.1) is 0 Å². The number of hydrogen-bond acceptors (Lipinski definition) is 7. The summed E-state index contributed by atoms with van der Waals surface area (Å²) < 4.78 is 61.4. The van der Waals surface area contributed by atoms with Gasteiger partial charge in [0.1, 0.15) is 23.8 Å². The van der Waals surface area contributed by atoms with Crippen LogP contribution in [0.15, 0.2) is 72.9 Å². The Balaban J connectivity index is 1.60. The van der Waals surface area contributed by atoms with Crippen molar-refractivity contribution in [1.29, 1.82) is 0 Å². The summed E-state index contributed by atoms with van der Waals surface area (Å²) in [5.74, 6) is -3.83. The van der Waals surface area contributed by atoms with Crippen LogP contribution in [0.25, 0.3) is 10.9 Å². The van der Waals surface area contributed by atoms with Crippen LogP contribution >= 0.6 is 0 Å². The predicted molar refractivity (Wildman–Crippen MR) is 192 cm³/mol. The van der Waals surface area contributed by atoms with E-state index in [1.807, 2.05) is 44.2 Å². The van der Waals surface area contributed by atoms with Crippen molar-refractivity contribution in [3.8, 4) is 0 Å². The lowest BCUT2D eigenvalue weighted by molar-refractivity contribution is -0.151. The molecule has 3 aromatic carbocycles. The SMILES string of the molecule is CCCC(CCC)S(=O)(=O)CC(NC(=O)c1ccc2cc[nH]c2c1)C(=O)O[C@H](CNCc1cccc(CC)c1)[C@@H](N)Cc1cc(F)cc(F)c1. The molecule has 12 heteroatoms. The Morgan fingerprint density at radius 2 is 1.60 bits per heavy atom. The van der Waals surface area contributed by atoms with Crippen molar-refractivity contribution in [2.75, 3.05) is 12.3 Å². The molecule has 9 nitrogen and oxygen atoms in total. The summed E-state index contributed by atoms with van der Waals surface area (Å²) in [5.41, 5.74) is 9.87. The zero-order valence-corrected chi connectivity index (χ0v) is 29.7. The molecule has 270 valence electrons. The number of carbonyl (C=O) groups excluding carboxylic acids is 2. The van der Waals surface area contributed by atoms with Crippen molar-refractivity contribution < 1.29 is 31.5 Å². The molecule has 0 aliphatic heterocycles. The number of nitrogens with one attached hydrogen (secondary N) is 3. The average Bonchev–Trinajstić information content (AvgIpc) is 3.55. The molecular weight excluding hydrogens is 663 g/mol. The van der Waals surface area contributed by atoms with Crippen LogP contribution in [-0.2, 0) is 38.8 Å². The van der Waals surface area contributed by atoms with Gasteiger partial charge < -0.3 is 26.1 Å². The number of benzene rings is 3. The van der Waals surface area contributed by atoms with Crippen LogP contribution in [0.1, 0.15) is 73.5 Å². The van der Waals surface area contributed by atoms with E-state index in [9.17, 15) is 26.8 Å². The minimum Gasteiger partial charge on any atom is -0.458 e. The van der Waals surface area contributed by atoms with E-state index in [1.165, 1.54) is 0 Å². The second kappa shape index (κ2) is 18.2. The number of aryl methyl sites for hydroxylation is 1. The number of esters is 1. The van der Waals surface area contributed by atoms with Crippen LogP contribution in [0.3, 0.4) is 0 Å². The Bertz CT molecular complexity index is 1820. The van der Waals surface area contributed by atoms with Gasteiger partial charge in [-0.05, 0) is 78.1 Å². The average molecular weight is 711 g/mol. The van der Waals surface area contributed by atoms with Crippen molar-refractivity contribution in [1.82, 2.24) is 15.6 Å². The number of carbonyl (C=O) groups is 2. The molecule has 1 aromatic heterocycles. The molecule has 0 bridgehead atoms. The molecule has 4 rings (SSSR count). The van der Waals surface area contributed by atoms with Crippen LogP contribution in [-0.4, -0.2) is 61.0 Å². The number of nitrogens with two attached hydrogens (primary N) is 1. The van der Waals surface area contributed by atoms with Gasteiger partial charge in [0, 0.05) is 42.5 Å². The summed E-state index contributed by atoms with van der Waals surface area (Å²) >= 11 is 0. The highest BCUT2D eigenvalue weighted by molar-refractivity contribution is 7.92. The van der Waals surface area contributed by atoms with E-state index in [2.05, 4.69) is 22.5 Å². The number of sulfone groups is 1. The third kappa shape index (κ3) is 10.9. The van der Waals surface area contributed by atoms with Gasteiger partial charge in [-0.25, -0.2) is 22.0 Å². The molecule has 5 N–H and O–H groups in total. The van der Waals surface area contributed by atoms with Crippen LogP contribution < -0.4 is 16.4 Å². The molecule has 0 radical (unpaired) electrons. The molecule has 0 saturated heterocycles. The number of ether oxygens (including phenoxy) is 1. The van der Waals surface area contributed by atoms with Crippen LogP contribution in [0.5, 0.6) is 0 Å². The van der Waals surface area contributed by atoms with Gasteiger partial charge in [-0.3, -0.25) is 4.79 Å². The highest BCUT2D eigenvalue weighted by Gasteiger charge is 2.35. The van der Waals surface area contributed by atoms with E-state index >= 15 is 0 Å². The summed E-state index contributed by atoms with van der Waals surface area (Å²) in [6, 6.07) is 15.3. The molecule has 50 heavy (non-hydrogen) atoms. The van der Waals surface area contributed by atoms with Gasteiger partial charge in [0.05, 0.1) is 11.0 Å². The first-order valence-corrected chi connectivity index (χ1v) is 18.9. The Morgan fingerprint density at radius 3 is 2.28 bits per heavy atom. The first-order valence-electron chi connectivity index (χ1n) is 17.2. The van der Waals surface area contributed by atoms with Gasteiger partial charge in [-0.2, -0.15) is 0 Å². The van der Waals surface area contributed by atoms with Crippen LogP contribution in [0.4, 0.5) is 8.78 Å². The number of H-pyrrole nitrogens is 1. The fourth-order valence-corrected chi connectivity index (χ4v) is 8.22. The summed E-state index contributed by atoms with van der Waals surface area (Å²) in [5, 5.41) is 6.06. The minimum atomic E-state index is -3.87. The van der Waals surface area contributed by atoms with Gasteiger partial charge in [-0.1, -0.05) is 63.9 Å². The lowest BCUT2D eigenvalue weighted by Gasteiger charge is -2.28. The maximum absolute atomic E-state index is 14.0. The second-order valence-electron chi connectivity index (χ2n) is 12.8. The fourth-order valence-electron chi connectivity index (χ4n) is 6.08. The minimum absolute atomic E-state index is 0.0415. The van der Waals surface area contributed by atoms with Crippen molar-refractivity contribution in [2.45, 2.75) is 89.3 Å². The number of aromatic nitrogens is 1. The van der Waals surface area contributed by atoms with E-state index in [1.54, 1.807) is 24.4 Å². The number of fused-ring (bicyclic) bond motifs is 1. The predicted octanol–water partition coefficient (Wildman–Crippen LogP) is 5.76. The van der Waals surface area contributed by atoms with Crippen molar-refractivity contribution >= 4 is 32.6 Å². The third-order valence-corrected chi connectivity index (χ3v) is 11.0. The normalized spacial score (nSPS) is 13.7. The number of halogens is 2. The Hall–Kier alpha value is -4.13. The quantitative estimate of drug-likeness (QED) is 0.0907. The standard InChI is InChI=1S/C38H48F2N4O5S/c1-4-8-32(9-5-2)50(47,48)24-35(44-37(45)29-13-12-28-14-15-43-34(28)20-29)38(46)49-36(23-42-22-26-11-7-10-25(6-3)16-26)33(41)19-27-17-30(39)21-31(40)18-27/h7,10-18,20-21,32-33,35-36,42-43H,4-6,8-9,19,22-24,41H2,1-3H3,(H,44,45)/t33-,35?,36+/m0/s1. The highest BCUT2D eigenvalue weighted by atomic mass is 32.2. The molecule has 1 unspecified atom stereocenters. The van der Waals surface area contributed by atoms with E-state index in [4.69, 9.17) is 10.5 Å². The van der Waals surface area contributed by atoms with E-state index in [-0.39, 0.29) is 24.1 Å². The van der Waals surface area contributed by atoms with Gasteiger partial charge in [0.25, 0.3) is 5.91 Å². The summed E-state index contributed by atoms with van der Waals surface area (Å²) in [6.45, 7) is 6.30. The van der Waals surface area contributed by atoms with Crippen molar-refractivity contribution in [3.05, 3.63) is 107 Å². The first-order chi connectivity index (χ1) is 23.9. The zero-order chi connectivity index (χ0) is 36.3. The summed E-state index contributed by atoms with van der Waals surface area (Å²) in [7, 11) is -3.87. The Morgan fingerprint density at radius 1 is 0.900 bits per heavy atom. The molecule has 1 heterocycles. The van der Waals surface area contributed by atoms with Gasteiger partial charge >= 0.3 is 5.97 Å². The fraction of sp³-hybridized carbons (Fsp3) is 0.421. The van der Waals surface area contributed by atoms with Crippen molar-refractivity contribution in [3.63, 3.8) is 0 Å². The molecule has 1 amide bonds. The molecule has 0 aliphatic rings. The first kappa shape index (κ1) is 38.7. The number of rotatable bonds is 19. The molecule has 0 spiro atoms. The molecule has 0 saturated carbocycles. The highest BCUT2D eigenvalue weighted by Crippen LogP contribution is 2.20. The van der Waals surface area contributed by atoms with Gasteiger partial charge in [0.15, 0.2) is 9.84 Å². The summed E-state index contributed by atoms with van der Waals surface area (Å²) in [6.07, 6.45) is 3.58. The number of aromatic amines is 1. The third-order valence-electron chi connectivity index (χ3n) is 8.75. The number of hydrogen-bond donors (Lipinski definition) is 4. The lowest BCUT2D eigenvalue weighted by Crippen LogP contribution is -2.52. The Labute approximate surface area is 293 Å². The van der Waals surface area contributed by atoms with Gasteiger partial charge in [0.2, 0.25) is 0 Å². The second-order valence-corrected chi connectivity index (χ2v) is 15.1. The monoisotopic (exact) mass is 710 g/mol. The Kier molecular flexibility index (Phi) is 14.1. The smallest absolute Gasteiger partial charge is 0.330 e. The van der Waals surface area contributed by atoms with Crippen LogP contribution in [0, 0.1) is 11.6 Å². The number of amides is 1. The molecule has 0 fully saturated rings. The zero-order valence-electron chi connectivity index (χ0n) is 28.9. The lowest BCUT2D eigenvalue weighted by atomic mass is 10.0. The van der Waals surface area contributed by atoms with Crippen LogP contribution in [0.2, 0.25) is 0 Å². The molecular formula is C38H48F2N4O5S. The maximum Gasteiger partial charge on any atom is 0.330 e. The molecule has 0 aliphatic carbocycles. The largest absolute Gasteiger partial charge is 0.458 e. The van der Waals surface area contributed by atoms with Crippen molar-refractivity contribution in [2.24, 2.45) is 5.73 Å². The molecule has 4 aromatic rings. The molecule has 3 atom stereocenters. The maximum atomic E-state index is 14.0. The van der Waals surface area contributed by atoms with E-state index < -0.39 is 62.5 Å². The van der Waals surface area contributed by atoms with E-state index in [0.717, 1.165) is 41.1 Å².